The molecule has 0 radical (unpaired) electrons. The lowest BCUT2D eigenvalue weighted by molar-refractivity contribution is -0.137. The molecule has 1 heterocycles. The summed E-state index contributed by atoms with van der Waals surface area (Å²) in [5.74, 6) is 0.321. The summed E-state index contributed by atoms with van der Waals surface area (Å²) in [7, 11) is 3.09. The molecule has 0 fully saturated rings. The fourth-order valence-electron chi connectivity index (χ4n) is 3.63. The molecule has 0 saturated carbocycles. The third-order valence-corrected chi connectivity index (χ3v) is 5.68. The Labute approximate surface area is 197 Å². The number of nitrogens with one attached hydrogen (secondary N) is 1. The zero-order valence-electron chi connectivity index (χ0n) is 18.5. The molecule has 0 aromatic heterocycles. The monoisotopic (exact) mass is 462 g/mol. The van der Waals surface area contributed by atoms with Crippen LogP contribution < -0.4 is 14.8 Å². The molecule has 33 heavy (non-hydrogen) atoms. The maximum Gasteiger partial charge on any atom is 0.278 e. The van der Waals surface area contributed by atoms with Crippen LogP contribution in [0, 0.1) is 6.92 Å². The van der Waals surface area contributed by atoms with Crippen LogP contribution in [-0.4, -0.2) is 30.9 Å². The normalized spacial score (nSPS) is 13.5. The van der Waals surface area contributed by atoms with Gasteiger partial charge in [0.15, 0.2) is 0 Å². The van der Waals surface area contributed by atoms with Gasteiger partial charge >= 0.3 is 0 Å². The van der Waals surface area contributed by atoms with E-state index in [1.54, 1.807) is 49.6 Å². The molecule has 0 spiro atoms. The molecule has 4 rings (SSSR count). The van der Waals surface area contributed by atoms with E-state index in [0.29, 0.717) is 33.3 Å². The van der Waals surface area contributed by atoms with Gasteiger partial charge in [0, 0.05) is 11.1 Å². The van der Waals surface area contributed by atoms with E-state index >= 15 is 0 Å². The van der Waals surface area contributed by atoms with Gasteiger partial charge in [0.1, 0.15) is 17.2 Å². The van der Waals surface area contributed by atoms with Crippen molar-refractivity contribution in [3.63, 3.8) is 0 Å². The highest BCUT2D eigenvalue weighted by Crippen LogP contribution is 2.35. The average molecular weight is 463 g/mol. The van der Waals surface area contributed by atoms with Crippen molar-refractivity contribution in [1.29, 1.82) is 0 Å². The SMILES string of the molecule is COc1ccc(NC2=C(c3ccc(C)cc3)C(=O)N(Cc3ccc(Cl)cc3)C2=O)c(OC)c1. The Hall–Kier alpha value is -3.77. The van der Waals surface area contributed by atoms with Crippen LogP contribution in [0.15, 0.2) is 72.4 Å². The Bertz CT molecular complexity index is 1230. The van der Waals surface area contributed by atoms with Crippen molar-refractivity contribution in [2.45, 2.75) is 13.5 Å². The molecule has 1 aliphatic rings. The van der Waals surface area contributed by atoms with Crippen LogP contribution in [0.25, 0.3) is 5.57 Å². The fraction of sp³-hybridized carbons (Fsp3) is 0.154. The summed E-state index contributed by atoms with van der Waals surface area (Å²) in [5, 5.41) is 3.73. The van der Waals surface area contributed by atoms with Crippen LogP contribution in [-0.2, 0) is 16.1 Å². The summed E-state index contributed by atoms with van der Waals surface area (Å²) < 4.78 is 10.7. The number of halogens is 1. The minimum absolute atomic E-state index is 0.134. The van der Waals surface area contributed by atoms with E-state index in [0.717, 1.165) is 11.1 Å². The van der Waals surface area contributed by atoms with E-state index in [9.17, 15) is 9.59 Å². The van der Waals surface area contributed by atoms with Crippen molar-refractivity contribution in [2.24, 2.45) is 0 Å². The van der Waals surface area contributed by atoms with Crippen LogP contribution in [0.4, 0.5) is 5.69 Å². The maximum atomic E-state index is 13.5. The molecule has 0 bridgehead atoms. The molecule has 3 aromatic rings. The van der Waals surface area contributed by atoms with Crippen LogP contribution >= 0.6 is 11.6 Å². The fourth-order valence-corrected chi connectivity index (χ4v) is 3.76. The second-order valence-corrected chi connectivity index (χ2v) is 8.07. The number of hydrogen-bond donors (Lipinski definition) is 1. The third-order valence-electron chi connectivity index (χ3n) is 5.43. The number of rotatable bonds is 7. The number of carbonyl (C=O) groups excluding carboxylic acids is 2. The highest BCUT2D eigenvalue weighted by atomic mass is 35.5. The predicted molar refractivity (Wildman–Crippen MR) is 128 cm³/mol. The van der Waals surface area contributed by atoms with E-state index in [1.807, 2.05) is 31.2 Å². The standard InChI is InChI=1S/C26H23ClN2O4/c1-16-4-8-18(9-5-16)23-24(28-21-13-12-20(32-2)14-22(21)33-3)26(31)29(25(23)30)15-17-6-10-19(27)11-7-17/h4-14,28H,15H2,1-3H3. The molecular weight excluding hydrogens is 440 g/mol. The third kappa shape index (κ3) is 4.56. The molecule has 0 saturated heterocycles. The lowest BCUT2D eigenvalue weighted by Crippen LogP contribution is -2.32. The van der Waals surface area contributed by atoms with Gasteiger partial charge in [-0.2, -0.15) is 0 Å². The quantitative estimate of drug-likeness (QED) is 0.497. The van der Waals surface area contributed by atoms with Gasteiger partial charge in [-0.3, -0.25) is 14.5 Å². The van der Waals surface area contributed by atoms with Gasteiger partial charge in [-0.05, 0) is 42.3 Å². The van der Waals surface area contributed by atoms with Gasteiger partial charge in [-0.25, -0.2) is 0 Å². The second-order valence-electron chi connectivity index (χ2n) is 7.63. The van der Waals surface area contributed by atoms with E-state index in [1.165, 1.54) is 12.0 Å². The average Bonchev–Trinajstić information content (AvgIpc) is 3.05. The van der Waals surface area contributed by atoms with Gasteiger partial charge in [0.05, 0.1) is 32.0 Å². The number of anilines is 1. The van der Waals surface area contributed by atoms with Gasteiger partial charge < -0.3 is 14.8 Å². The van der Waals surface area contributed by atoms with Gasteiger partial charge in [0.25, 0.3) is 11.8 Å². The number of methoxy groups -OCH3 is 2. The van der Waals surface area contributed by atoms with Crippen LogP contribution in [0.1, 0.15) is 16.7 Å². The summed E-state index contributed by atoms with van der Waals surface area (Å²) in [6.07, 6.45) is 0. The molecule has 7 heteroatoms. The van der Waals surface area contributed by atoms with Crippen molar-refractivity contribution >= 4 is 34.7 Å². The minimum atomic E-state index is -0.414. The highest BCUT2D eigenvalue weighted by molar-refractivity contribution is 6.36. The largest absolute Gasteiger partial charge is 0.497 e. The molecule has 1 aliphatic heterocycles. The van der Waals surface area contributed by atoms with Crippen LogP contribution in [0.5, 0.6) is 11.5 Å². The van der Waals surface area contributed by atoms with Gasteiger partial charge in [0.2, 0.25) is 0 Å². The van der Waals surface area contributed by atoms with Gasteiger partial charge in [-0.1, -0.05) is 53.6 Å². The zero-order valence-corrected chi connectivity index (χ0v) is 19.3. The first-order chi connectivity index (χ1) is 15.9. The van der Waals surface area contributed by atoms with Crippen molar-refractivity contribution in [2.75, 3.05) is 19.5 Å². The van der Waals surface area contributed by atoms with Crippen molar-refractivity contribution in [3.05, 3.63) is 94.1 Å². The zero-order chi connectivity index (χ0) is 23.5. The Kier molecular flexibility index (Phi) is 6.38. The van der Waals surface area contributed by atoms with E-state index in [-0.39, 0.29) is 18.1 Å². The summed E-state index contributed by atoms with van der Waals surface area (Å²) in [6, 6.07) is 19.8. The topological polar surface area (TPSA) is 67.9 Å². The van der Waals surface area contributed by atoms with E-state index in [4.69, 9.17) is 21.1 Å². The lowest BCUT2D eigenvalue weighted by atomic mass is 10.0. The molecule has 0 unspecified atom stereocenters. The van der Waals surface area contributed by atoms with Gasteiger partial charge in [-0.15, -0.1) is 0 Å². The number of aryl methyl sites for hydroxylation is 1. The first-order valence-corrected chi connectivity index (χ1v) is 10.7. The lowest BCUT2D eigenvalue weighted by Gasteiger charge is -2.16. The molecule has 0 aliphatic carbocycles. The summed E-state index contributed by atoms with van der Waals surface area (Å²) in [5.41, 5.74) is 3.57. The highest BCUT2D eigenvalue weighted by Gasteiger charge is 2.39. The predicted octanol–water partition coefficient (Wildman–Crippen LogP) is 5.06. The second kappa shape index (κ2) is 9.38. The molecule has 6 nitrogen and oxygen atoms in total. The van der Waals surface area contributed by atoms with Crippen molar-refractivity contribution in [3.8, 4) is 11.5 Å². The first kappa shape index (κ1) is 22.4. The first-order valence-electron chi connectivity index (χ1n) is 10.3. The number of ether oxygens (including phenoxy) is 2. The summed E-state index contributed by atoms with van der Waals surface area (Å²) in [6.45, 7) is 2.10. The molecule has 168 valence electrons. The molecule has 1 N–H and O–H groups in total. The van der Waals surface area contributed by atoms with E-state index in [2.05, 4.69) is 5.32 Å². The number of benzene rings is 3. The number of amides is 2. The van der Waals surface area contributed by atoms with Crippen molar-refractivity contribution in [1.82, 2.24) is 4.90 Å². The van der Waals surface area contributed by atoms with Crippen molar-refractivity contribution < 1.29 is 19.1 Å². The number of carbonyl (C=O) groups is 2. The molecule has 0 atom stereocenters. The smallest absolute Gasteiger partial charge is 0.278 e. The Morgan fingerprint density at radius 3 is 2.21 bits per heavy atom. The number of imide groups is 1. The number of nitrogens with zero attached hydrogens (tertiary/aromatic N) is 1. The Morgan fingerprint density at radius 2 is 1.58 bits per heavy atom. The number of hydrogen-bond acceptors (Lipinski definition) is 5. The van der Waals surface area contributed by atoms with Crippen LogP contribution in [0.3, 0.4) is 0 Å². The molecular formula is C26H23ClN2O4. The molecule has 2 amide bonds. The Morgan fingerprint density at radius 1 is 0.879 bits per heavy atom. The summed E-state index contributed by atoms with van der Waals surface area (Å²) in [4.78, 5) is 28.1. The molecule has 3 aromatic carbocycles. The van der Waals surface area contributed by atoms with Crippen LogP contribution in [0.2, 0.25) is 5.02 Å². The summed E-state index contributed by atoms with van der Waals surface area (Å²) >= 11 is 5.98. The minimum Gasteiger partial charge on any atom is -0.497 e. The maximum absolute atomic E-state index is 13.5. The van der Waals surface area contributed by atoms with E-state index < -0.39 is 5.91 Å². The Balaban J connectivity index is 1.75.